The fourth-order valence-corrected chi connectivity index (χ4v) is 1.92. The van der Waals surface area contributed by atoms with Crippen molar-refractivity contribution in [2.24, 2.45) is 11.7 Å². The van der Waals surface area contributed by atoms with E-state index in [1.54, 1.807) is 0 Å². The molecule has 1 unspecified atom stereocenters. The predicted molar refractivity (Wildman–Crippen MR) is 55.6 cm³/mol. The van der Waals surface area contributed by atoms with Gasteiger partial charge in [-0.25, -0.2) is 0 Å². The first-order valence-electron chi connectivity index (χ1n) is 4.42. The van der Waals surface area contributed by atoms with Crippen LogP contribution >= 0.6 is 11.8 Å². The second kappa shape index (κ2) is 5.29. The molecule has 0 aliphatic heterocycles. The zero-order chi connectivity index (χ0) is 9.68. The first kappa shape index (κ1) is 10.6. The minimum absolute atomic E-state index is 0.581. The minimum atomic E-state index is 0.581. The summed E-state index contributed by atoms with van der Waals surface area (Å²) in [6, 6.07) is 1.97. The van der Waals surface area contributed by atoms with Crippen molar-refractivity contribution in [3.8, 4) is 0 Å². The number of rotatable bonds is 5. The molecule has 0 aliphatic carbocycles. The molecule has 0 spiro atoms. The van der Waals surface area contributed by atoms with Crippen molar-refractivity contribution in [2.75, 3.05) is 12.3 Å². The third kappa shape index (κ3) is 3.83. The predicted octanol–water partition coefficient (Wildman–Crippen LogP) is 1.81. The van der Waals surface area contributed by atoms with Gasteiger partial charge in [0.1, 0.15) is 5.76 Å². The molecule has 0 fully saturated rings. The molecule has 0 aromatic carbocycles. The van der Waals surface area contributed by atoms with Gasteiger partial charge in [0.05, 0.1) is 5.69 Å². The summed E-state index contributed by atoms with van der Waals surface area (Å²) in [7, 11) is 0. The van der Waals surface area contributed by atoms with E-state index in [0.717, 1.165) is 29.5 Å². The number of aryl methyl sites for hydroxylation is 1. The van der Waals surface area contributed by atoms with Crippen molar-refractivity contribution in [1.82, 2.24) is 5.16 Å². The van der Waals surface area contributed by atoms with Gasteiger partial charge in [-0.15, -0.1) is 0 Å². The highest BCUT2D eigenvalue weighted by molar-refractivity contribution is 7.98. The fraction of sp³-hybridized carbons (Fsp3) is 0.667. The summed E-state index contributed by atoms with van der Waals surface area (Å²) < 4.78 is 4.96. The van der Waals surface area contributed by atoms with Crippen molar-refractivity contribution >= 4 is 11.8 Å². The third-order valence-electron chi connectivity index (χ3n) is 1.73. The van der Waals surface area contributed by atoms with Crippen molar-refractivity contribution in [2.45, 2.75) is 19.6 Å². The first-order valence-corrected chi connectivity index (χ1v) is 5.58. The van der Waals surface area contributed by atoms with Gasteiger partial charge in [0.15, 0.2) is 0 Å². The Bertz CT molecular complexity index is 250. The molecular formula is C9H16N2OS. The highest BCUT2D eigenvalue weighted by atomic mass is 32.2. The quantitative estimate of drug-likeness (QED) is 0.787. The van der Waals surface area contributed by atoms with Crippen LogP contribution in [0.25, 0.3) is 0 Å². The highest BCUT2D eigenvalue weighted by Gasteiger charge is 2.02. The maximum atomic E-state index is 5.51. The van der Waals surface area contributed by atoms with Crippen LogP contribution in [0.3, 0.4) is 0 Å². The van der Waals surface area contributed by atoms with E-state index in [2.05, 4.69) is 12.1 Å². The van der Waals surface area contributed by atoms with Gasteiger partial charge in [-0.05, 0) is 25.1 Å². The van der Waals surface area contributed by atoms with Crippen LogP contribution in [0.15, 0.2) is 10.6 Å². The van der Waals surface area contributed by atoms with Gasteiger partial charge in [-0.3, -0.25) is 0 Å². The molecule has 0 saturated carbocycles. The van der Waals surface area contributed by atoms with Crippen molar-refractivity contribution in [1.29, 1.82) is 0 Å². The van der Waals surface area contributed by atoms with Crippen LogP contribution in [-0.4, -0.2) is 17.5 Å². The lowest BCUT2D eigenvalue weighted by atomic mass is 10.2. The van der Waals surface area contributed by atoms with Gasteiger partial charge < -0.3 is 10.3 Å². The van der Waals surface area contributed by atoms with E-state index in [1.807, 2.05) is 24.8 Å². The van der Waals surface area contributed by atoms with Crippen LogP contribution in [0, 0.1) is 12.8 Å². The molecule has 0 amide bonds. The Labute approximate surface area is 83.0 Å². The van der Waals surface area contributed by atoms with Gasteiger partial charge >= 0.3 is 0 Å². The molecule has 0 saturated heterocycles. The maximum Gasteiger partial charge on any atom is 0.133 e. The lowest BCUT2D eigenvalue weighted by Gasteiger charge is -2.05. The van der Waals surface area contributed by atoms with Crippen LogP contribution in [0.5, 0.6) is 0 Å². The monoisotopic (exact) mass is 200 g/mol. The topological polar surface area (TPSA) is 52.0 Å². The number of nitrogens with two attached hydrogens (primary N) is 1. The zero-order valence-corrected chi connectivity index (χ0v) is 8.93. The molecule has 3 nitrogen and oxygen atoms in total. The fourth-order valence-electron chi connectivity index (χ4n) is 0.919. The molecule has 1 aromatic rings. The van der Waals surface area contributed by atoms with E-state index in [1.165, 1.54) is 0 Å². The Morgan fingerprint density at radius 3 is 3.00 bits per heavy atom. The SMILES string of the molecule is Cc1cc(CSCC(C)CN)no1. The molecular weight excluding hydrogens is 184 g/mol. The van der Waals surface area contributed by atoms with Gasteiger partial charge in [-0.1, -0.05) is 12.1 Å². The number of aromatic nitrogens is 1. The summed E-state index contributed by atoms with van der Waals surface area (Å²) in [4.78, 5) is 0. The Hall–Kier alpha value is -0.480. The number of nitrogens with zero attached hydrogens (tertiary/aromatic N) is 1. The average molecular weight is 200 g/mol. The summed E-state index contributed by atoms with van der Waals surface area (Å²) in [5.74, 6) is 3.46. The van der Waals surface area contributed by atoms with Crippen molar-refractivity contribution in [3.05, 3.63) is 17.5 Å². The lowest BCUT2D eigenvalue weighted by Crippen LogP contribution is -2.12. The van der Waals surface area contributed by atoms with Gasteiger partial charge in [0.25, 0.3) is 0 Å². The minimum Gasteiger partial charge on any atom is -0.361 e. The highest BCUT2D eigenvalue weighted by Crippen LogP contribution is 2.14. The summed E-state index contributed by atoms with van der Waals surface area (Å²) in [6.07, 6.45) is 0. The second-order valence-corrected chi connectivity index (χ2v) is 4.32. The van der Waals surface area contributed by atoms with E-state index >= 15 is 0 Å². The van der Waals surface area contributed by atoms with E-state index in [4.69, 9.17) is 10.3 Å². The molecule has 74 valence electrons. The Kier molecular flexibility index (Phi) is 4.32. The normalized spacial score (nSPS) is 13.2. The molecule has 0 bridgehead atoms. The van der Waals surface area contributed by atoms with E-state index < -0.39 is 0 Å². The summed E-state index contributed by atoms with van der Waals surface area (Å²) in [6.45, 7) is 4.82. The van der Waals surface area contributed by atoms with E-state index in [9.17, 15) is 0 Å². The largest absolute Gasteiger partial charge is 0.361 e. The van der Waals surface area contributed by atoms with Crippen LogP contribution < -0.4 is 5.73 Å². The van der Waals surface area contributed by atoms with Gasteiger partial charge in [0.2, 0.25) is 0 Å². The molecule has 2 N–H and O–H groups in total. The number of thioether (sulfide) groups is 1. The molecule has 0 radical (unpaired) electrons. The summed E-state index contributed by atoms with van der Waals surface area (Å²) in [5.41, 5.74) is 6.53. The van der Waals surface area contributed by atoms with Crippen LogP contribution in [-0.2, 0) is 5.75 Å². The van der Waals surface area contributed by atoms with Crippen LogP contribution in [0.2, 0.25) is 0 Å². The first-order chi connectivity index (χ1) is 6.22. The van der Waals surface area contributed by atoms with Crippen molar-refractivity contribution < 1.29 is 4.52 Å². The molecule has 1 atom stereocenters. The molecule has 1 heterocycles. The Morgan fingerprint density at radius 1 is 1.69 bits per heavy atom. The molecule has 4 heteroatoms. The van der Waals surface area contributed by atoms with Gasteiger partial charge in [0, 0.05) is 11.8 Å². The third-order valence-corrected chi connectivity index (χ3v) is 3.04. The van der Waals surface area contributed by atoms with Gasteiger partial charge in [-0.2, -0.15) is 11.8 Å². The summed E-state index contributed by atoms with van der Waals surface area (Å²) in [5, 5.41) is 3.91. The maximum absolute atomic E-state index is 5.51. The number of hydrogen-bond donors (Lipinski definition) is 1. The van der Waals surface area contributed by atoms with E-state index in [0.29, 0.717) is 5.92 Å². The lowest BCUT2D eigenvalue weighted by molar-refractivity contribution is 0.393. The number of hydrogen-bond acceptors (Lipinski definition) is 4. The molecule has 1 aromatic heterocycles. The Morgan fingerprint density at radius 2 is 2.46 bits per heavy atom. The Balaban J connectivity index is 2.20. The molecule has 13 heavy (non-hydrogen) atoms. The second-order valence-electron chi connectivity index (χ2n) is 3.28. The van der Waals surface area contributed by atoms with E-state index in [-0.39, 0.29) is 0 Å². The standard InChI is InChI=1S/C9H16N2OS/c1-7(4-10)5-13-6-9-3-8(2)12-11-9/h3,7H,4-6,10H2,1-2H3. The smallest absolute Gasteiger partial charge is 0.133 e. The summed E-state index contributed by atoms with van der Waals surface area (Å²) >= 11 is 1.85. The van der Waals surface area contributed by atoms with Crippen molar-refractivity contribution in [3.63, 3.8) is 0 Å². The molecule has 1 rings (SSSR count). The van der Waals surface area contributed by atoms with Crippen LogP contribution in [0.4, 0.5) is 0 Å². The average Bonchev–Trinajstić information content (AvgIpc) is 2.51. The molecule has 0 aliphatic rings. The zero-order valence-electron chi connectivity index (χ0n) is 8.12. The van der Waals surface area contributed by atoms with Crippen LogP contribution in [0.1, 0.15) is 18.4 Å².